The molecule has 0 radical (unpaired) electrons. The van der Waals surface area contributed by atoms with Crippen molar-refractivity contribution in [2.45, 2.75) is 26.8 Å². The molecule has 0 aliphatic carbocycles. The Balaban J connectivity index is 2.63. The van der Waals surface area contributed by atoms with Crippen molar-refractivity contribution in [2.75, 3.05) is 25.0 Å². The van der Waals surface area contributed by atoms with Crippen LogP contribution in [-0.4, -0.2) is 42.5 Å². The predicted molar refractivity (Wildman–Crippen MR) is 83.1 cm³/mol. The molecule has 1 rings (SSSR count). The molecule has 1 N–H and O–H groups in total. The van der Waals surface area contributed by atoms with Crippen LogP contribution >= 0.6 is 0 Å². The first kappa shape index (κ1) is 17.7. The average molecular weight is 303 g/mol. The zero-order valence-corrected chi connectivity index (χ0v) is 13.1. The fraction of sp³-hybridized carbons (Fsp3) is 0.438. The molecule has 0 saturated carbocycles. The Bertz CT molecular complexity index is 564. The Morgan fingerprint density at radius 3 is 2.68 bits per heavy atom. The minimum atomic E-state index is -0.351. The summed E-state index contributed by atoms with van der Waals surface area (Å²) in [6.07, 6.45) is 0. The van der Waals surface area contributed by atoms with E-state index in [9.17, 15) is 9.59 Å². The standard InChI is InChI=1S/C16H21N3O3/c1-4-22-16(21)11-19(12(2)3)10-15(20)18-14-7-5-6-13(8-14)9-17/h5-8,12H,4,10-11H2,1-3H3,(H,18,20). The van der Waals surface area contributed by atoms with Crippen LogP contribution in [-0.2, 0) is 14.3 Å². The Kier molecular flexibility index (Phi) is 7.06. The first-order valence-corrected chi connectivity index (χ1v) is 7.16. The SMILES string of the molecule is CCOC(=O)CN(CC(=O)Nc1cccc(C#N)c1)C(C)C. The van der Waals surface area contributed by atoms with Crippen molar-refractivity contribution in [1.29, 1.82) is 5.26 Å². The number of benzene rings is 1. The molecule has 6 nitrogen and oxygen atoms in total. The number of carbonyl (C=O) groups is 2. The lowest BCUT2D eigenvalue weighted by Crippen LogP contribution is -2.41. The van der Waals surface area contributed by atoms with Crippen molar-refractivity contribution in [1.82, 2.24) is 4.90 Å². The highest BCUT2D eigenvalue weighted by molar-refractivity contribution is 5.92. The number of nitriles is 1. The molecule has 22 heavy (non-hydrogen) atoms. The maximum Gasteiger partial charge on any atom is 0.320 e. The van der Waals surface area contributed by atoms with Crippen LogP contribution in [0.2, 0.25) is 0 Å². The van der Waals surface area contributed by atoms with E-state index in [1.54, 1.807) is 36.1 Å². The summed E-state index contributed by atoms with van der Waals surface area (Å²) < 4.78 is 4.90. The van der Waals surface area contributed by atoms with E-state index >= 15 is 0 Å². The van der Waals surface area contributed by atoms with Gasteiger partial charge in [-0.1, -0.05) is 6.07 Å². The number of esters is 1. The van der Waals surface area contributed by atoms with E-state index in [1.165, 1.54) is 0 Å². The topological polar surface area (TPSA) is 82.4 Å². The van der Waals surface area contributed by atoms with Gasteiger partial charge in [-0.3, -0.25) is 14.5 Å². The van der Waals surface area contributed by atoms with Gasteiger partial charge in [-0.15, -0.1) is 0 Å². The van der Waals surface area contributed by atoms with Gasteiger partial charge in [0.2, 0.25) is 5.91 Å². The number of anilines is 1. The van der Waals surface area contributed by atoms with Gasteiger partial charge in [0, 0.05) is 11.7 Å². The molecule has 0 atom stereocenters. The number of hydrogen-bond acceptors (Lipinski definition) is 5. The van der Waals surface area contributed by atoms with Crippen LogP contribution in [0.3, 0.4) is 0 Å². The van der Waals surface area contributed by atoms with Gasteiger partial charge in [0.15, 0.2) is 0 Å². The second kappa shape index (κ2) is 8.80. The van der Waals surface area contributed by atoms with Crippen LogP contribution in [0, 0.1) is 11.3 Å². The van der Waals surface area contributed by atoms with Gasteiger partial charge < -0.3 is 10.1 Å². The van der Waals surface area contributed by atoms with Crippen molar-refractivity contribution in [3.8, 4) is 6.07 Å². The van der Waals surface area contributed by atoms with Crippen molar-refractivity contribution >= 4 is 17.6 Å². The first-order valence-electron chi connectivity index (χ1n) is 7.16. The molecular weight excluding hydrogens is 282 g/mol. The van der Waals surface area contributed by atoms with Gasteiger partial charge in [0.25, 0.3) is 0 Å². The number of carbonyl (C=O) groups excluding carboxylic acids is 2. The Hall–Kier alpha value is -2.39. The van der Waals surface area contributed by atoms with Gasteiger partial charge in [-0.05, 0) is 39.0 Å². The number of rotatable bonds is 7. The molecule has 0 fully saturated rings. The highest BCUT2D eigenvalue weighted by Crippen LogP contribution is 2.10. The number of nitrogens with zero attached hydrogens (tertiary/aromatic N) is 2. The van der Waals surface area contributed by atoms with Crippen molar-refractivity contribution < 1.29 is 14.3 Å². The summed E-state index contributed by atoms with van der Waals surface area (Å²) >= 11 is 0. The van der Waals surface area contributed by atoms with E-state index in [0.717, 1.165) is 0 Å². The van der Waals surface area contributed by atoms with Gasteiger partial charge >= 0.3 is 5.97 Å². The summed E-state index contributed by atoms with van der Waals surface area (Å²) in [5.41, 5.74) is 1.04. The van der Waals surface area contributed by atoms with Crippen LogP contribution in [0.15, 0.2) is 24.3 Å². The van der Waals surface area contributed by atoms with E-state index in [4.69, 9.17) is 10.00 Å². The van der Waals surface area contributed by atoms with E-state index in [0.29, 0.717) is 17.9 Å². The Morgan fingerprint density at radius 1 is 1.36 bits per heavy atom. The average Bonchev–Trinajstić information content (AvgIpc) is 2.46. The van der Waals surface area contributed by atoms with Crippen LogP contribution in [0.1, 0.15) is 26.3 Å². The predicted octanol–water partition coefficient (Wildman–Crippen LogP) is 1.77. The van der Waals surface area contributed by atoms with Gasteiger partial charge in [0.05, 0.1) is 31.3 Å². The zero-order chi connectivity index (χ0) is 16.5. The summed E-state index contributed by atoms with van der Waals surface area (Å²) in [7, 11) is 0. The maximum absolute atomic E-state index is 12.1. The normalized spacial score (nSPS) is 10.4. The number of amides is 1. The van der Waals surface area contributed by atoms with Crippen LogP contribution < -0.4 is 5.32 Å². The molecule has 118 valence electrons. The second-order valence-electron chi connectivity index (χ2n) is 5.04. The molecule has 1 aromatic carbocycles. The van der Waals surface area contributed by atoms with E-state index in [2.05, 4.69) is 5.32 Å². The van der Waals surface area contributed by atoms with Crippen molar-refractivity contribution in [3.05, 3.63) is 29.8 Å². The molecule has 0 aliphatic heterocycles. The summed E-state index contributed by atoms with van der Waals surface area (Å²) in [6, 6.07) is 8.72. The highest BCUT2D eigenvalue weighted by atomic mass is 16.5. The smallest absolute Gasteiger partial charge is 0.320 e. The molecular formula is C16H21N3O3. The lowest BCUT2D eigenvalue weighted by molar-refractivity contribution is -0.145. The zero-order valence-electron chi connectivity index (χ0n) is 13.1. The van der Waals surface area contributed by atoms with E-state index in [1.807, 2.05) is 19.9 Å². The molecule has 6 heteroatoms. The van der Waals surface area contributed by atoms with E-state index < -0.39 is 0 Å². The molecule has 0 saturated heterocycles. The lowest BCUT2D eigenvalue weighted by atomic mass is 10.2. The summed E-state index contributed by atoms with van der Waals surface area (Å²) in [5.74, 6) is -0.594. The lowest BCUT2D eigenvalue weighted by Gasteiger charge is -2.24. The summed E-state index contributed by atoms with van der Waals surface area (Å²) in [6.45, 7) is 6.01. The van der Waals surface area contributed by atoms with Gasteiger partial charge in [-0.25, -0.2) is 0 Å². The van der Waals surface area contributed by atoms with Gasteiger partial charge in [0.1, 0.15) is 0 Å². The number of ether oxygens (including phenoxy) is 1. The van der Waals surface area contributed by atoms with Crippen molar-refractivity contribution in [3.63, 3.8) is 0 Å². The largest absolute Gasteiger partial charge is 0.465 e. The Labute approximate surface area is 130 Å². The maximum atomic E-state index is 12.1. The minimum absolute atomic E-state index is 0.0283. The molecule has 0 spiro atoms. The monoisotopic (exact) mass is 303 g/mol. The third-order valence-electron chi connectivity index (χ3n) is 2.99. The number of nitrogens with one attached hydrogen (secondary N) is 1. The first-order chi connectivity index (χ1) is 10.5. The molecule has 0 unspecified atom stereocenters. The fourth-order valence-electron chi connectivity index (χ4n) is 1.84. The van der Waals surface area contributed by atoms with Gasteiger partial charge in [-0.2, -0.15) is 5.26 Å². The van der Waals surface area contributed by atoms with Crippen molar-refractivity contribution in [2.24, 2.45) is 0 Å². The second-order valence-corrected chi connectivity index (χ2v) is 5.04. The molecule has 0 heterocycles. The fourth-order valence-corrected chi connectivity index (χ4v) is 1.84. The molecule has 0 bridgehead atoms. The molecule has 0 aromatic heterocycles. The highest BCUT2D eigenvalue weighted by Gasteiger charge is 2.18. The third kappa shape index (κ3) is 5.94. The minimum Gasteiger partial charge on any atom is -0.465 e. The molecule has 1 amide bonds. The van der Waals surface area contributed by atoms with Crippen LogP contribution in [0.4, 0.5) is 5.69 Å². The Morgan fingerprint density at radius 2 is 2.09 bits per heavy atom. The quantitative estimate of drug-likeness (QED) is 0.776. The summed E-state index contributed by atoms with van der Waals surface area (Å²) in [4.78, 5) is 25.4. The van der Waals surface area contributed by atoms with E-state index in [-0.39, 0.29) is 31.0 Å². The molecule has 0 aliphatic rings. The number of hydrogen-bond donors (Lipinski definition) is 1. The van der Waals surface area contributed by atoms with Crippen LogP contribution in [0.25, 0.3) is 0 Å². The third-order valence-corrected chi connectivity index (χ3v) is 2.99. The summed E-state index contributed by atoms with van der Waals surface area (Å²) in [5, 5.41) is 11.6. The van der Waals surface area contributed by atoms with Crippen LogP contribution in [0.5, 0.6) is 0 Å². The molecule has 1 aromatic rings.